The van der Waals surface area contributed by atoms with Crippen LogP contribution in [0.4, 0.5) is 22.0 Å². The monoisotopic (exact) mass is 341 g/mol. The standard InChI is InChI=1S/C17H14F5N2/c1-2-10-4-3-5-11(24(10)9-8-23)6-7-12-13(18)15(20)17(22)16(21)14(12)19/h2-7H,1,8-9,23H2/q+1/b7-6+. The Morgan fingerprint density at radius 3 is 1.96 bits per heavy atom. The minimum absolute atomic E-state index is 0.291. The molecule has 2 nitrogen and oxygen atoms in total. The van der Waals surface area contributed by atoms with Gasteiger partial charge < -0.3 is 5.73 Å². The first-order valence-electron chi connectivity index (χ1n) is 6.97. The second-order valence-electron chi connectivity index (χ2n) is 4.84. The maximum Gasteiger partial charge on any atom is 0.205 e. The number of halogens is 5. The summed E-state index contributed by atoms with van der Waals surface area (Å²) in [5.41, 5.74) is 5.69. The number of aromatic nitrogens is 1. The molecule has 0 fully saturated rings. The van der Waals surface area contributed by atoms with Crippen molar-refractivity contribution in [2.45, 2.75) is 6.54 Å². The topological polar surface area (TPSA) is 29.9 Å². The molecule has 0 unspecified atom stereocenters. The quantitative estimate of drug-likeness (QED) is 0.384. The smallest absolute Gasteiger partial charge is 0.205 e. The van der Waals surface area contributed by atoms with Crippen LogP contribution in [0.15, 0.2) is 24.8 Å². The second kappa shape index (κ2) is 7.35. The third-order valence-electron chi connectivity index (χ3n) is 3.38. The first-order chi connectivity index (χ1) is 11.4. The van der Waals surface area contributed by atoms with Gasteiger partial charge in [-0.25, -0.2) is 22.0 Å². The van der Waals surface area contributed by atoms with Crippen molar-refractivity contribution in [2.75, 3.05) is 6.54 Å². The fourth-order valence-electron chi connectivity index (χ4n) is 2.22. The van der Waals surface area contributed by atoms with Gasteiger partial charge in [0.1, 0.15) is 0 Å². The number of nitrogens with zero attached hydrogens (tertiary/aromatic N) is 1. The molecule has 126 valence electrons. The van der Waals surface area contributed by atoms with Crippen molar-refractivity contribution in [1.82, 2.24) is 0 Å². The SMILES string of the molecule is C=Cc1cccc(/C=C/c2c(F)c(F)c(F)c(F)c2F)[n+]1CCN. The molecule has 2 rings (SSSR count). The number of benzene rings is 1. The summed E-state index contributed by atoms with van der Waals surface area (Å²) in [4.78, 5) is 0. The van der Waals surface area contributed by atoms with Crippen LogP contribution in [0.25, 0.3) is 18.2 Å². The predicted octanol–water partition coefficient (Wildman–Crippen LogP) is 3.44. The average Bonchev–Trinajstić information content (AvgIpc) is 2.59. The van der Waals surface area contributed by atoms with Gasteiger partial charge in [-0.2, -0.15) is 4.57 Å². The molecule has 24 heavy (non-hydrogen) atoms. The zero-order valence-electron chi connectivity index (χ0n) is 12.5. The number of rotatable bonds is 5. The first-order valence-corrected chi connectivity index (χ1v) is 6.97. The molecule has 0 aliphatic carbocycles. The van der Waals surface area contributed by atoms with Crippen molar-refractivity contribution in [1.29, 1.82) is 0 Å². The van der Waals surface area contributed by atoms with Crippen molar-refractivity contribution in [3.8, 4) is 0 Å². The highest BCUT2D eigenvalue weighted by Gasteiger charge is 2.24. The van der Waals surface area contributed by atoms with Crippen molar-refractivity contribution >= 4 is 18.2 Å². The molecule has 1 aromatic carbocycles. The molecule has 0 spiro atoms. The van der Waals surface area contributed by atoms with E-state index in [1.165, 1.54) is 6.08 Å². The van der Waals surface area contributed by atoms with E-state index in [0.717, 1.165) is 6.08 Å². The third kappa shape index (κ3) is 3.21. The normalized spacial score (nSPS) is 11.2. The number of hydrogen-bond donors (Lipinski definition) is 1. The van der Waals surface area contributed by atoms with Crippen LogP contribution in [0.3, 0.4) is 0 Å². The van der Waals surface area contributed by atoms with Crippen LogP contribution in [0, 0.1) is 29.1 Å². The zero-order valence-corrected chi connectivity index (χ0v) is 12.5. The maximum atomic E-state index is 13.7. The van der Waals surface area contributed by atoms with E-state index < -0.39 is 34.6 Å². The van der Waals surface area contributed by atoms with E-state index >= 15 is 0 Å². The van der Waals surface area contributed by atoms with E-state index in [1.807, 2.05) is 0 Å². The largest absolute Gasteiger partial charge is 0.325 e. The summed E-state index contributed by atoms with van der Waals surface area (Å²) in [5, 5.41) is 0. The van der Waals surface area contributed by atoms with Crippen molar-refractivity contribution in [3.63, 3.8) is 0 Å². The summed E-state index contributed by atoms with van der Waals surface area (Å²) in [7, 11) is 0. The van der Waals surface area contributed by atoms with Crippen molar-refractivity contribution in [3.05, 3.63) is 70.8 Å². The third-order valence-corrected chi connectivity index (χ3v) is 3.38. The molecule has 1 heterocycles. The molecule has 0 aliphatic heterocycles. The van der Waals surface area contributed by atoms with E-state index in [4.69, 9.17) is 5.73 Å². The summed E-state index contributed by atoms with van der Waals surface area (Å²) in [6, 6.07) is 5.03. The molecular weight excluding hydrogens is 327 g/mol. The summed E-state index contributed by atoms with van der Waals surface area (Å²) in [6.45, 7) is 4.33. The number of nitrogens with two attached hydrogens (primary N) is 1. The van der Waals surface area contributed by atoms with E-state index in [9.17, 15) is 22.0 Å². The first kappa shape index (κ1) is 17.8. The lowest BCUT2D eigenvalue weighted by Gasteiger charge is -2.05. The summed E-state index contributed by atoms with van der Waals surface area (Å²) in [6.07, 6.45) is 3.65. The maximum absolute atomic E-state index is 13.7. The Kier molecular flexibility index (Phi) is 5.46. The molecule has 2 aromatic rings. The van der Waals surface area contributed by atoms with Crippen LogP contribution >= 0.6 is 0 Å². The van der Waals surface area contributed by atoms with Gasteiger partial charge in [0, 0.05) is 24.3 Å². The molecule has 0 radical (unpaired) electrons. The predicted molar refractivity (Wildman–Crippen MR) is 80.9 cm³/mol. The van der Waals surface area contributed by atoms with E-state index in [-0.39, 0.29) is 0 Å². The van der Waals surface area contributed by atoms with Gasteiger partial charge in [-0.15, -0.1) is 0 Å². The average molecular weight is 341 g/mol. The van der Waals surface area contributed by atoms with Gasteiger partial charge in [0.2, 0.25) is 17.2 Å². The van der Waals surface area contributed by atoms with Crippen LogP contribution in [-0.4, -0.2) is 6.54 Å². The highest BCUT2D eigenvalue weighted by Crippen LogP contribution is 2.24. The molecule has 2 N–H and O–H groups in total. The van der Waals surface area contributed by atoms with E-state index in [2.05, 4.69) is 6.58 Å². The lowest BCUT2D eigenvalue weighted by atomic mass is 10.1. The van der Waals surface area contributed by atoms with Crippen LogP contribution in [0.2, 0.25) is 0 Å². The number of hydrogen-bond acceptors (Lipinski definition) is 1. The molecule has 0 atom stereocenters. The van der Waals surface area contributed by atoms with Gasteiger partial charge in [0.25, 0.3) is 0 Å². The Balaban J connectivity index is 2.56. The molecule has 0 saturated carbocycles. The minimum Gasteiger partial charge on any atom is -0.325 e. The fourth-order valence-corrected chi connectivity index (χ4v) is 2.22. The van der Waals surface area contributed by atoms with Gasteiger partial charge in [-0.05, 0) is 12.1 Å². The summed E-state index contributed by atoms with van der Waals surface area (Å²) < 4.78 is 68.6. The Morgan fingerprint density at radius 1 is 0.875 bits per heavy atom. The van der Waals surface area contributed by atoms with Crippen molar-refractivity contribution in [2.24, 2.45) is 5.73 Å². The molecule has 0 saturated heterocycles. The van der Waals surface area contributed by atoms with Gasteiger partial charge in [0.05, 0.1) is 12.1 Å². The molecule has 1 aromatic heterocycles. The molecule has 0 bridgehead atoms. The van der Waals surface area contributed by atoms with Crippen LogP contribution in [-0.2, 0) is 6.54 Å². The van der Waals surface area contributed by atoms with Crippen LogP contribution < -0.4 is 10.3 Å². The van der Waals surface area contributed by atoms with E-state index in [0.29, 0.717) is 24.5 Å². The summed E-state index contributed by atoms with van der Waals surface area (Å²) >= 11 is 0. The Bertz CT molecular complexity index is 786. The van der Waals surface area contributed by atoms with E-state index in [1.54, 1.807) is 28.8 Å². The second-order valence-corrected chi connectivity index (χ2v) is 4.84. The van der Waals surface area contributed by atoms with Gasteiger partial charge in [-0.3, -0.25) is 0 Å². The fraction of sp³-hybridized carbons (Fsp3) is 0.118. The van der Waals surface area contributed by atoms with Gasteiger partial charge in [-0.1, -0.05) is 6.58 Å². The molecular formula is C17H14F5N2+. The molecule has 0 aliphatic rings. The van der Waals surface area contributed by atoms with Gasteiger partial charge in [0.15, 0.2) is 29.8 Å². The molecule has 7 heteroatoms. The Labute approximate surface area is 135 Å². The zero-order chi connectivity index (χ0) is 17.9. The minimum atomic E-state index is -2.19. The summed E-state index contributed by atoms with van der Waals surface area (Å²) in [5.74, 6) is -9.92. The Hall–Kier alpha value is -2.54. The highest BCUT2D eigenvalue weighted by atomic mass is 19.2. The van der Waals surface area contributed by atoms with Crippen LogP contribution in [0.1, 0.15) is 17.0 Å². The van der Waals surface area contributed by atoms with Crippen LogP contribution in [0.5, 0.6) is 0 Å². The van der Waals surface area contributed by atoms with Crippen molar-refractivity contribution < 1.29 is 26.5 Å². The Morgan fingerprint density at radius 2 is 1.42 bits per heavy atom. The lowest BCUT2D eigenvalue weighted by Crippen LogP contribution is -2.43. The molecule has 0 amide bonds. The number of pyridine rings is 1. The van der Waals surface area contributed by atoms with Gasteiger partial charge >= 0.3 is 0 Å². The highest BCUT2D eigenvalue weighted by molar-refractivity contribution is 5.68. The lowest BCUT2D eigenvalue weighted by molar-refractivity contribution is -0.697.